The van der Waals surface area contributed by atoms with Crippen LogP contribution in [0, 0.1) is 0 Å². The Morgan fingerprint density at radius 2 is 2.00 bits per heavy atom. The van der Waals surface area contributed by atoms with E-state index < -0.39 is 0 Å². The van der Waals surface area contributed by atoms with Crippen molar-refractivity contribution < 1.29 is 5.11 Å². The summed E-state index contributed by atoms with van der Waals surface area (Å²) in [5.74, 6) is 0.0726. The quantitative estimate of drug-likeness (QED) is 0.917. The van der Waals surface area contributed by atoms with Crippen molar-refractivity contribution in [2.24, 2.45) is 4.99 Å². The smallest absolute Gasteiger partial charge is 0.231 e. The number of thiazole rings is 1. The highest BCUT2D eigenvalue weighted by Gasteiger charge is 2.19. The fourth-order valence-corrected chi connectivity index (χ4v) is 2.97. The van der Waals surface area contributed by atoms with Gasteiger partial charge in [0.2, 0.25) is 5.88 Å². The van der Waals surface area contributed by atoms with Crippen LogP contribution in [0.15, 0.2) is 29.3 Å². The lowest BCUT2D eigenvalue weighted by Gasteiger charge is -2.04. The van der Waals surface area contributed by atoms with E-state index in [1.54, 1.807) is 0 Å². The molecule has 2 aromatic rings. The van der Waals surface area contributed by atoms with Crippen LogP contribution in [0.4, 0.5) is 10.8 Å². The molecule has 4 nitrogen and oxygen atoms in total. The van der Waals surface area contributed by atoms with E-state index in [4.69, 9.17) is 0 Å². The van der Waals surface area contributed by atoms with Crippen molar-refractivity contribution in [3.8, 4) is 5.88 Å². The first-order valence-corrected chi connectivity index (χ1v) is 7.12. The van der Waals surface area contributed by atoms with Crippen LogP contribution in [0.2, 0.25) is 0 Å². The molecule has 5 heteroatoms. The lowest BCUT2D eigenvalue weighted by Crippen LogP contribution is -2.07. The Bertz CT molecular complexity index is 728. The molecule has 0 fully saturated rings. The summed E-state index contributed by atoms with van der Waals surface area (Å²) in [6.45, 7) is 1.98. The molecule has 0 unspecified atom stereocenters. The summed E-state index contributed by atoms with van der Waals surface area (Å²) in [5, 5.41) is 10.8. The average molecular weight is 285 g/mol. The molecule has 3 rings (SSSR count). The minimum atomic E-state index is 0.0726. The third-order valence-corrected chi connectivity index (χ3v) is 4.31. The lowest BCUT2D eigenvalue weighted by molar-refractivity contribution is 0.456. The predicted octanol–water partition coefficient (Wildman–Crippen LogP) is 3.56. The Morgan fingerprint density at radius 1 is 1.25 bits per heavy atom. The summed E-state index contributed by atoms with van der Waals surface area (Å²) in [6, 6.07) is 8.02. The summed E-state index contributed by atoms with van der Waals surface area (Å²) < 4.78 is 0. The average Bonchev–Trinajstić information content (AvgIpc) is 2.92. The first-order chi connectivity index (χ1) is 9.56. The topological polar surface area (TPSA) is 48.7 Å². The van der Waals surface area contributed by atoms with E-state index in [1.807, 2.05) is 56.3 Å². The van der Waals surface area contributed by atoms with Crippen LogP contribution in [0.25, 0.3) is 11.6 Å². The number of aromatic hydroxyl groups is 1. The van der Waals surface area contributed by atoms with Gasteiger partial charge >= 0.3 is 0 Å². The number of rotatable bonds is 2. The van der Waals surface area contributed by atoms with Gasteiger partial charge in [0.15, 0.2) is 5.13 Å². The number of benzene rings is 1. The van der Waals surface area contributed by atoms with Crippen molar-refractivity contribution in [2.75, 3.05) is 19.0 Å². The van der Waals surface area contributed by atoms with E-state index >= 15 is 0 Å². The maximum atomic E-state index is 9.96. The Morgan fingerprint density at radius 3 is 2.70 bits per heavy atom. The molecule has 0 aliphatic carbocycles. The summed E-state index contributed by atoms with van der Waals surface area (Å²) in [4.78, 5) is 11.3. The van der Waals surface area contributed by atoms with Gasteiger partial charge in [-0.1, -0.05) is 29.5 Å². The highest BCUT2D eigenvalue weighted by atomic mass is 32.1. The molecule has 102 valence electrons. The zero-order valence-corrected chi connectivity index (χ0v) is 12.4. The number of aromatic nitrogens is 1. The molecule has 0 saturated carbocycles. The van der Waals surface area contributed by atoms with E-state index in [0.717, 1.165) is 32.5 Å². The number of nitrogens with zero attached hydrogens (tertiary/aromatic N) is 3. The molecule has 0 spiro atoms. The zero-order chi connectivity index (χ0) is 14.3. The fourth-order valence-electron chi connectivity index (χ4n) is 2.15. The molecule has 2 heterocycles. The van der Waals surface area contributed by atoms with Gasteiger partial charge in [-0.25, -0.2) is 0 Å². The molecule has 0 saturated heterocycles. The molecule has 0 amide bonds. The highest BCUT2D eigenvalue weighted by molar-refractivity contribution is 7.16. The van der Waals surface area contributed by atoms with Crippen molar-refractivity contribution in [1.82, 2.24) is 4.98 Å². The SMILES string of the molecule is CC1=Nc2ccccc2/C1=C\c1sc(N(C)C)nc1O. The number of fused-ring (bicyclic) bond motifs is 1. The fraction of sp³-hybridized carbons (Fsp3) is 0.200. The van der Waals surface area contributed by atoms with Gasteiger partial charge in [0.05, 0.1) is 10.6 Å². The summed E-state index contributed by atoms with van der Waals surface area (Å²) in [5.41, 5.74) is 4.09. The molecule has 0 radical (unpaired) electrons. The van der Waals surface area contributed by atoms with E-state index in [0.29, 0.717) is 0 Å². The normalized spacial score (nSPS) is 15.3. The first kappa shape index (κ1) is 12.9. The number of aliphatic imine (C=N–C) groups is 1. The third kappa shape index (κ3) is 2.10. The monoisotopic (exact) mass is 285 g/mol. The van der Waals surface area contributed by atoms with Crippen LogP contribution in [0.1, 0.15) is 17.4 Å². The second-order valence-corrected chi connectivity index (χ2v) is 5.86. The van der Waals surface area contributed by atoms with Crippen molar-refractivity contribution in [3.63, 3.8) is 0 Å². The van der Waals surface area contributed by atoms with Crippen LogP contribution in [-0.2, 0) is 0 Å². The van der Waals surface area contributed by atoms with Crippen LogP contribution >= 0.6 is 11.3 Å². The zero-order valence-electron chi connectivity index (χ0n) is 11.6. The van der Waals surface area contributed by atoms with Gasteiger partial charge in [-0.15, -0.1) is 0 Å². The van der Waals surface area contributed by atoms with E-state index in [-0.39, 0.29) is 5.88 Å². The molecule has 0 atom stereocenters. The van der Waals surface area contributed by atoms with Crippen LogP contribution in [0.5, 0.6) is 5.88 Å². The molecule has 0 bridgehead atoms. The van der Waals surface area contributed by atoms with Gasteiger partial charge < -0.3 is 10.0 Å². The second-order valence-electron chi connectivity index (χ2n) is 4.85. The van der Waals surface area contributed by atoms with Crippen molar-refractivity contribution in [1.29, 1.82) is 0 Å². The van der Waals surface area contributed by atoms with Crippen LogP contribution in [0.3, 0.4) is 0 Å². The minimum absolute atomic E-state index is 0.0726. The number of hydrogen-bond acceptors (Lipinski definition) is 5. The van der Waals surface area contributed by atoms with Gasteiger partial charge in [-0.2, -0.15) is 4.98 Å². The van der Waals surface area contributed by atoms with Crippen LogP contribution < -0.4 is 4.90 Å². The maximum absolute atomic E-state index is 9.96. The maximum Gasteiger partial charge on any atom is 0.231 e. The molecule has 1 aliphatic rings. The Kier molecular flexibility index (Phi) is 3.06. The molecule has 1 N–H and O–H groups in total. The van der Waals surface area contributed by atoms with Crippen molar-refractivity contribution in [2.45, 2.75) is 6.92 Å². The Hall–Kier alpha value is -2.14. The van der Waals surface area contributed by atoms with Gasteiger partial charge in [0.1, 0.15) is 0 Å². The van der Waals surface area contributed by atoms with Gasteiger partial charge in [0.25, 0.3) is 0 Å². The molecule has 1 aromatic heterocycles. The number of anilines is 1. The second kappa shape index (κ2) is 4.76. The van der Waals surface area contributed by atoms with Crippen LogP contribution in [-0.4, -0.2) is 29.9 Å². The summed E-state index contributed by atoms with van der Waals surface area (Å²) in [6.07, 6.45) is 1.96. The largest absolute Gasteiger partial charge is 0.492 e. The first-order valence-electron chi connectivity index (χ1n) is 6.30. The van der Waals surface area contributed by atoms with Gasteiger partial charge in [-0.3, -0.25) is 4.99 Å². The molecule has 1 aliphatic heterocycles. The Labute approximate surface area is 121 Å². The summed E-state index contributed by atoms with van der Waals surface area (Å²) >= 11 is 1.46. The standard InChI is InChI=1S/C15H15N3OS/c1-9-11(10-6-4-5-7-12(10)16-9)8-13-14(19)17-15(20-13)18(2)3/h4-8,19H,1-3H3/b11-8-. The van der Waals surface area contributed by atoms with Crippen molar-refractivity contribution >= 4 is 39.5 Å². The molecule has 20 heavy (non-hydrogen) atoms. The van der Waals surface area contributed by atoms with Gasteiger partial charge in [0, 0.05) is 30.9 Å². The molecular formula is C15H15N3OS. The number of para-hydroxylation sites is 1. The number of hydrogen-bond donors (Lipinski definition) is 1. The lowest BCUT2D eigenvalue weighted by atomic mass is 10.0. The predicted molar refractivity (Wildman–Crippen MR) is 85.2 cm³/mol. The number of allylic oxidation sites excluding steroid dienone is 1. The van der Waals surface area contributed by atoms with E-state index in [2.05, 4.69) is 9.98 Å². The third-order valence-electron chi connectivity index (χ3n) is 3.15. The Balaban J connectivity index is 2.07. The van der Waals surface area contributed by atoms with E-state index in [9.17, 15) is 5.11 Å². The molecule has 1 aromatic carbocycles. The minimum Gasteiger partial charge on any atom is -0.492 e. The molecular weight excluding hydrogens is 270 g/mol. The highest BCUT2D eigenvalue weighted by Crippen LogP contribution is 2.38. The summed E-state index contributed by atoms with van der Waals surface area (Å²) in [7, 11) is 3.82. The van der Waals surface area contributed by atoms with Gasteiger partial charge in [-0.05, 0) is 19.1 Å². The van der Waals surface area contributed by atoms with E-state index in [1.165, 1.54) is 11.3 Å². The van der Waals surface area contributed by atoms with Crippen molar-refractivity contribution in [3.05, 3.63) is 34.7 Å².